The third kappa shape index (κ3) is 3.60. The number of carbonyl (C=O) groups excluding carboxylic acids is 1. The van der Waals surface area contributed by atoms with Crippen LogP contribution in [0.3, 0.4) is 0 Å². The maximum Gasteiger partial charge on any atom is 0.256 e. The van der Waals surface area contributed by atoms with Crippen molar-refractivity contribution in [1.82, 2.24) is 4.90 Å². The molecular formula is C15H11BrClF2NO. The lowest BCUT2D eigenvalue weighted by molar-refractivity contribution is 0.0779. The first-order chi connectivity index (χ1) is 9.90. The van der Waals surface area contributed by atoms with Gasteiger partial charge in [0.2, 0.25) is 0 Å². The minimum Gasteiger partial charge on any atom is -0.337 e. The molecule has 0 saturated carbocycles. The summed E-state index contributed by atoms with van der Waals surface area (Å²) in [6.45, 7) is 0.268. The van der Waals surface area contributed by atoms with E-state index in [1.54, 1.807) is 0 Å². The zero-order valence-electron chi connectivity index (χ0n) is 11.0. The highest BCUT2D eigenvalue weighted by atomic mass is 79.9. The second-order valence-corrected chi connectivity index (χ2v) is 5.76. The van der Waals surface area contributed by atoms with E-state index in [1.807, 2.05) is 24.3 Å². The number of amides is 1. The Kier molecular flexibility index (Phi) is 4.96. The molecule has 0 spiro atoms. The summed E-state index contributed by atoms with van der Waals surface area (Å²) in [6.07, 6.45) is 0. The number of rotatable bonds is 3. The molecule has 0 aromatic heterocycles. The van der Waals surface area contributed by atoms with Crippen molar-refractivity contribution in [1.29, 1.82) is 0 Å². The Bertz CT molecular complexity index is 693. The second-order valence-electron chi connectivity index (χ2n) is 4.50. The lowest BCUT2D eigenvalue weighted by Gasteiger charge is -2.18. The van der Waals surface area contributed by atoms with E-state index in [2.05, 4.69) is 15.9 Å². The van der Waals surface area contributed by atoms with Crippen molar-refractivity contribution >= 4 is 33.4 Å². The molecule has 0 radical (unpaired) electrons. The fraction of sp³-hybridized carbons (Fsp3) is 0.133. The Hall–Kier alpha value is -1.46. The van der Waals surface area contributed by atoms with Gasteiger partial charge in [-0.3, -0.25) is 4.79 Å². The van der Waals surface area contributed by atoms with Crippen LogP contribution in [0, 0.1) is 11.6 Å². The topological polar surface area (TPSA) is 20.3 Å². The van der Waals surface area contributed by atoms with Gasteiger partial charge in [-0.15, -0.1) is 0 Å². The lowest BCUT2D eigenvalue weighted by Crippen LogP contribution is -2.27. The van der Waals surface area contributed by atoms with Gasteiger partial charge >= 0.3 is 0 Å². The Labute approximate surface area is 134 Å². The first kappa shape index (κ1) is 15.9. The Morgan fingerprint density at radius 2 is 1.90 bits per heavy atom. The smallest absolute Gasteiger partial charge is 0.256 e. The summed E-state index contributed by atoms with van der Waals surface area (Å²) in [5.41, 5.74) is 0.523. The molecule has 0 atom stereocenters. The fourth-order valence-corrected chi connectivity index (χ4v) is 2.41. The maximum atomic E-state index is 13.8. The second kappa shape index (κ2) is 6.54. The Morgan fingerprint density at radius 1 is 1.24 bits per heavy atom. The van der Waals surface area contributed by atoms with Gasteiger partial charge in [-0.05, 0) is 23.8 Å². The van der Waals surface area contributed by atoms with Crippen LogP contribution in [0.4, 0.5) is 8.78 Å². The summed E-state index contributed by atoms with van der Waals surface area (Å²) in [5.74, 6) is -2.28. The molecule has 0 unspecified atom stereocenters. The van der Waals surface area contributed by atoms with E-state index in [1.165, 1.54) is 11.9 Å². The van der Waals surface area contributed by atoms with Crippen molar-refractivity contribution in [2.45, 2.75) is 6.54 Å². The fourth-order valence-electron chi connectivity index (χ4n) is 1.85. The number of hydrogen-bond donors (Lipinski definition) is 0. The van der Waals surface area contributed by atoms with Crippen LogP contribution >= 0.6 is 27.5 Å². The van der Waals surface area contributed by atoms with Gasteiger partial charge < -0.3 is 4.90 Å². The van der Waals surface area contributed by atoms with E-state index in [9.17, 15) is 13.6 Å². The molecule has 2 rings (SSSR count). The SMILES string of the molecule is CN(Cc1ccccc1Br)C(=O)c1cc(F)c(Cl)cc1F. The summed E-state index contributed by atoms with van der Waals surface area (Å²) in [5, 5.41) is -0.350. The van der Waals surface area contributed by atoms with Crippen molar-refractivity contribution in [2.75, 3.05) is 7.05 Å². The average molecular weight is 375 g/mol. The maximum absolute atomic E-state index is 13.8. The molecule has 1 amide bonds. The van der Waals surface area contributed by atoms with Gasteiger partial charge in [-0.2, -0.15) is 0 Å². The van der Waals surface area contributed by atoms with Crippen LogP contribution in [0.2, 0.25) is 5.02 Å². The average Bonchev–Trinajstić information content (AvgIpc) is 2.44. The van der Waals surface area contributed by atoms with Gasteiger partial charge in [0, 0.05) is 18.1 Å². The predicted molar refractivity (Wildman–Crippen MR) is 81.3 cm³/mol. The quantitative estimate of drug-likeness (QED) is 0.716. The molecule has 0 heterocycles. The van der Waals surface area contributed by atoms with Crippen LogP contribution in [0.5, 0.6) is 0 Å². The molecule has 0 saturated heterocycles. The number of halogens is 4. The molecule has 0 aliphatic heterocycles. The van der Waals surface area contributed by atoms with Crippen molar-refractivity contribution in [3.8, 4) is 0 Å². The van der Waals surface area contributed by atoms with E-state index in [-0.39, 0.29) is 17.1 Å². The van der Waals surface area contributed by atoms with Gasteiger partial charge in [0.15, 0.2) is 0 Å². The minimum atomic E-state index is -0.842. The minimum absolute atomic E-state index is 0.268. The molecule has 2 aromatic carbocycles. The van der Waals surface area contributed by atoms with Gasteiger partial charge in [0.1, 0.15) is 11.6 Å². The van der Waals surface area contributed by atoms with Crippen molar-refractivity contribution in [3.63, 3.8) is 0 Å². The van der Waals surface area contributed by atoms with Gasteiger partial charge in [0.25, 0.3) is 5.91 Å². The number of benzene rings is 2. The van der Waals surface area contributed by atoms with E-state index in [0.29, 0.717) is 0 Å². The molecule has 0 N–H and O–H groups in total. The summed E-state index contributed by atoms with van der Waals surface area (Å²) in [6, 6.07) is 8.99. The first-order valence-corrected chi connectivity index (χ1v) is 7.20. The molecule has 6 heteroatoms. The highest BCUT2D eigenvalue weighted by molar-refractivity contribution is 9.10. The zero-order valence-corrected chi connectivity index (χ0v) is 13.4. The van der Waals surface area contributed by atoms with E-state index in [4.69, 9.17) is 11.6 Å². The molecular weight excluding hydrogens is 364 g/mol. The van der Waals surface area contributed by atoms with Crippen molar-refractivity contribution in [2.24, 2.45) is 0 Å². The van der Waals surface area contributed by atoms with Crippen LogP contribution in [0.15, 0.2) is 40.9 Å². The number of carbonyl (C=O) groups is 1. The summed E-state index contributed by atoms with van der Waals surface area (Å²) in [4.78, 5) is 13.5. The molecule has 21 heavy (non-hydrogen) atoms. The zero-order chi connectivity index (χ0) is 15.6. The molecule has 2 aromatic rings. The van der Waals surface area contributed by atoms with Crippen LogP contribution in [-0.4, -0.2) is 17.9 Å². The molecule has 0 fully saturated rings. The van der Waals surface area contributed by atoms with Crippen molar-refractivity contribution < 1.29 is 13.6 Å². The summed E-state index contributed by atoms with van der Waals surface area (Å²) in [7, 11) is 1.52. The molecule has 0 bridgehead atoms. The number of hydrogen-bond acceptors (Lipinski definition) is 1. The van der Waals surface area contributed by atoms with Crippen LogP contribution in [-0.2, 0) is 6.54 Å². The lowest BCUT2D eigenvalue weighted by atomic mass is 10.1. The highest BCUT2D eigenvalue weighted by Crippen LogP contribution is 2.22. The molecule has 0 aliphatic rings. The van der Waals surface area contributed by atoms with Crippen molar-refractivity contribution in [3.05, 3.63) is 68.7 Å². The summed E-state index contributed by atoms with van der Waals surface area (Å²) < 4.78 is 28.0. The normalized spacial score (nSPS) is 10.5. The Balaban J connectivity index is 2.24. The van der Waals surface area contributed by atoms with Gasteiger partial charge in [0.05, 0.1) is 10.6 Å². The van der Waals surface area contributed by atoms with Gasteiger partial charge in [-0.25, -0.2) is 8.78 Å². The predicted octanol–water partition coefficient (Wildman–Crippen LogP) is 4.65. The highest BCUT2D eigenvalue weighted by Gasteiger charge is 2.19. The third-order valence-corrected chi connectivity index (χ3v) is 4.02. The van der Waals surface area contributed by atoms with E-state index >= 15 is 0 Å². The van der Waals surface area contributed by atoms with Crippen LogP contribution < -0.4 is 0 Å². The van der Waals surface area contributed by atoms with E-state index in [0.717, 1.165) is 22.2 Å². The number of nitrogens with zero attached hydrogens (tertiary/aromatic N) is 1. The van der Waals surface area contributed by atoms with Crippen LogP contribution in [0.1, 0.15) is 15.9 Å². The monoisotopic (exact) mass is 373 g/mol. The largest absolute Gasteiger partial charge is 0.337 e. The molecule has 110 valence electrons. The standard InChI is InChI=1S/C15H11BrClF2NO/c1-20(8-9-4-2-3-5-11(9)16)15(21)10-6-14(19)12(17)7-13(10)18/h2-7H,8H2,1H3. The van der Waals surface area contributed by atoms with Crippen LogP contribution in [0.25, 0.3) is 0 Å². The molecule has 0 aliphatic carbocycles. The first-order valence-electron chi connectivity index (χ1n) is 6.03. The third-order valence-electron chi connectivity index (χ3n) is 2.95. The van der Waals surface area contributed by atoms with Gasteiger partial charge in [-0.1, -0.05) is 45.7 Å². The Morgan fingerprint density at radius 3 is 2.57 bits per heavy atom. The summed E-state index contributed by atoms with van der Waals surface area (Å²) >= 11 is 8.85. The van der Waals surface area contributed by atoms with E-state index < -0.39 is 17.5 Å². The molecule has 2 nitrogen and oxygen atoms in total.